The smallest absolute Gasteiger partial charge is 0.268 e. The Morgan fingerprint density at radius 2 is 1.66 bits per heavy atom. The van der Waals surface area contributed by atoms with Crippen molar-refractivity contribution < 1.29 is 35.2 Å². The van der Waals surface area contributed by atoms with Gasteiger partial charge in [0.15, 0.2) is 0 Å². The van der Waals surface area contributed by atoms with Crippen molar-refractivity contribution in [2.75, 3.05) is 0 Å². The zero-order valence-electron chi connectivity index (χ0n) is 17.5. The number of hydrogen-bond acceptors (Lipinski definition) is 4. The number of carbonyl (C=O) groups excluding carboxylic acids is 1. The SMILES string of the molecule is O=C1c2cc(-c3ccc(F)cc3F)ccc2S(=O)(=O)N1Cc1ccnc2cc(C(F)(F)F)ccc12. The number of pyridine rings is 1. The molecule has 0 saturated carbocycles. The van der Waals surface area contributed by atoms with E-state index in [4.69, 9.17) is 0 Å². The summed E-state index contributed by atoms with van der Waals surface area (Å²) in [6.07, 6.45) is -3.35. The van der Waals surface area contributed by atoms with Crippen LogP contribution in [0.3, 0.4) is 0 Å². The van der Waals surface area contributed by atoms with Gasteiger partial charge in [0.05, 0.1) is 23.2 Å². The number of halogens is 5. The lowest BCUT2D eigenvalue weighted by molar-refractivity contribution is -0.137. The van der Waals surface area contributed by atoms with Gasteiger partial charge in [-0.25, -0.2) is 21.5 Å². The van der Waals surface area contributed by atoms with E-state index in [1.165, 1.54) is 42.6 Å². The van der Waals surface area contributed by atoms with E-state index in [0.29, 0.717) is 10.4 Å². The highest BCUT2D eigenvalue weighted by Gasteiger charge is 2.41. The molecule has 2 heterocycles. The van der Waals surface area contributed by atoms with E-state index in [1.807, 2.05) is 0 Å². The molecule has 0 fully saturated rings. The molecule has 0 aliphatic carbocycles. The van der Waals surface area contributed by atoms with Gasteiger partial charge in [0.1, 0.15) is 16.5 Å². The van der Waals surface area contributed by atoms with Crippen molar-refractivity contribution in [1.29, 1.82) is 0 Å². The minimum absolute atomic E-state index is 0.00652. The fourth-order valence-corrected chi connectivity index (χ4v) is 5.54. The molecule has 35 heavy (non-hydrogen) atoms. The van der Waals surface area contributed by atoms with Crippen molar-refractivity contribution in [3.8, 4) is 11.1 Å². The third-order valence-corrected chi connectivity index (χ3v) is 7.51. The second-order valence-corrected chi connectivity index (χ2v) is 9.68. The first kappa shape index (κ1) is 22.9. The van der Waals surface area contributed by atoms with Crippen LogP contribution in [0.1, 0.15) is 21.5 Å². The lowest BCUT2D eigenvalue weighted by Gasteiger charge is -2.17. The van der Waals surface area contributed by atoms with Crippen LogP contribution in [0, 0.1) is 11.6 Å². The first-order valence-electron chi connectivity index (χ1n) is 10.1. The van der Waals surface area contributed by atoms with E-state index >= 15 is 0 Å². The lowest BCUT2D eigenvalue weighted by Crippen LogP contribution is -2.29. The van der Waals surface area contributed by atoms with Crippen molar-refractivity contribution in [1.82, 2.24) is 9.29 Å². The lowest BCUT2D eigenvalue weighted by atomic mass is 10.0. The number of nitrogens with zero attached hydrogens (tertiary/aromatic N) is 2. The minimum Gasteiger partial charge on any atom is -0.268 e. The maximum absolute atomic E-state index is 14.2. The van der Waals surface area contributed by atoms with E-state index < -0.39 is 45.8 Å². The molecule has 0 bridgehead atoms. The van der Waals surface area contributed by atoms with Crippen LogP contribution < -0.4 is 0 Å². The molecule has 4 aromatic rings. The van der Waals surface area contributed by atoms with E-state index in [0.717, 1.165) is 18.2 Å². The molecule has 0 unspecified atom stereocenters. The maximum atomic E-state index is 14.2. The number of carbonyl (C=O) groups is 1. The van der Waals surface area contributed by atoms with Crippen LogP contribution >= 0.6 is 0 Å². The second kappa shape index (κ2) is 7.84. The number of sulfonamides is 1. The molecular formula is C24H13F5N2O3S. The quantitative estimate of drug-likeness (QED) is 0.344. The van der Waals surface area contributed by atoms with E-state index in [9.17, 15) is 35.2 Å². The largest absolute Gasteiger partial charge is 0.416 e. The predicted molar refractivity (Wildman–Crippen MR) is 116 cm³/mol. The zero-order valence-corrected chi connectivity index (χ0v) is 18.3. The van der Waals surface area contributed by atoms with Gasteiger partial charge in [-0.2, -0.15) is 13.2 Å². The maximum Gasteiger partial charge on any atom is 0.416 e. The highest BCUT2D eigenvalue weighted by molar-refractivity contribution is 7.90. The summed E-state index contributed by atoms with van der Waals surface area (Å²) in [5.41, 5.74) is -0.665. The molecule has 1 aromatic heterocycles. The Morgan fingerprint density at radius 3 is 2.37 bits per heavy atom. The van der Waals surface area contributed by atoms with Crippen LogP contribution in [-0.2, 0) is 22.7 Å². The summed E-state index contributed by atoms with van der Waals surface area (Å²) in [6.45, 7) is -0.444. The van der Waals surface area contributed by atoms with Crippen LogP contribution in [0.5, 0.6) is 0 Å². The second-order valence-electron chi connectivity index (χ2n) is 7.85. The highest BCUT2D eigenvalue weighted by Crippen LogP contribution is 2.37. The Kier molecular flexibility index (Phi) is 5.13. The van der Waals surface area contributed by atoms with Gasteiger partial charge in [-0.1, -0.05) is 12.1 Å². The average Bonchev–Trinajstić information content (AvgIpc) is 2.98. The van der Waals surface area contributed by atoms with E-state index in [1.54, 1.807) is 0 Å². The molecule has 3 aromatic carbocycles. The molecule has 0 radical (unpaired) electrons. The summed E-state index contributed by atoms with van der Waals surface area (Å²) in [5.74, 6) is -2.54. The molecule has 5 nitrogen and oxygen atoms in total. The monoisotopic (exact) mass is 504 g/mol. The molecule has 0 spiro atoms. The summed E-state index contributed by atoms with van der Waals surface area (Å²) in [4.78, 5) is 16.7. The van der Waals surface area contributed by atoms with Crippen LogP contribution in [-0.4, -0.2) is 23.6 Å². The van der Waals surface area contributed by atoms with Gasteiger partial charge in [-0.3, -0.25) is 9.78 Å². The summed E-state index contributed by atoms with van der Waals surface area (Å²) in [5, 5.41) is 0.258. The van der Waals surface area contributed by atoms with Crippen LogP contribution in [0.25, 0.3) is 22.0 Å². The normalized spacial score (nSPS) is 15.0. The van der Waals surface area contributed by atoms with Gasteiger partial charge in [0.25, 0.3) is 15.9 Å². The summed E-state index contributed by atoms with van der Waals surface area (Å²) >= 11 is 0. The Morgan fingerprint density at radius 1 is 0.886 bits per heavy atom. The predicted octanol–water partition coefficient (Wildman–Crippen LogP) is 5.54. The summed E-state index contributed by atoms with van der Waals surface area (Å²) in [7, 11) is -4.28. The first-order chi connectivity index (χ1) is 16.5. The zero-order chi connectivity index (χ0) is 25.1. The molecule has 0 N–H and O–H groups in total. The number of aromatic nitrogens is 1. The summed E-state index contributed by atoms with van der Waals surface area (Å²) in [6, 6.07) is 10.9. The van der Waals surface area contributed by atoms with Crippen molar-refractivity contribution in [3.05, 3.63) is 95.2 Å². The number of amides is 1. The molecule has 178 valence electrons. The fraction of sp³-hybridized carbons (Fsp3) is 0.0833. The van der Waals surface area contributed by atoms with E-state index in [-0.39, 0.29) is 38.1 Å². The number of fused-ring (bicyclic) bond motifs is 2. The van der Waals surface area contributed by atoms with Crippen LogP contribution in [0.4, 0.5) is 22.0 Å². The van der Waals surface area contributed by atoms with Gasteiger partial charge in [0, 0.05) is 23.2 Å². The molecule has 1 amide bonds. The Bertz CT molecular complexity index is 1630. The number of benzene rings is 3. The Hall–Kier alpha value is -3.86. The molecule has 5 rings (SSSR count). The standard InChI is InChI=1S/C24H13F5N2O3S/c25-16-3-5-17(20(26)11-16)13-1-6-22-19(9-13)23(32)31(35(22,33)34)12-14-7-8-30-21-10-15(24(27,28)29)2-4-18(14)21/h1-11H,12H2. The van der Waals surface area contributed by atoms with Crippen molar-refractivity contribution in [3.63, 3.8) is 0 Å². The van der Waals surface area contributed by atoms with Gasteiger partial charge in [-0.15, -0.1) is 0 Å². The van der Waals surface area contributed by atoms with Gasteiger partial charge in [-0.05, 0) is 53.6 Å². The van der Waals surface area contributed by atoms with E-state index in [2.05, 4.69) is 4.98 Å². The Labute approximate surface area is 195 Å². The third kappa shape index (κ3) is 3.81. The molecule has 1 aliphatic heterocycles. The first-order valence-corrected chi connectivity index (χ1v) is 11.5. The topological polar surface area (TPSA) is 67.3 Å². The average molecular weight is 504 g/mol. The highest BCUT2D eigenvalue weighted by atomic mass is 32.2. The number of rotatable bonds is 3. The van der Waals surface area contributed by atoms with Crippen LogP contribution in [0.15, 0.2) is 71.8 Å². The number of alkyl halides is 3. The fourth-order valence-electron chi connectivity index (χ4n) is 4.01. The van der Waals surface area contributed by atoms with Crippen LogP contribution in [0.2, 0.25) is 0 Å². The van der Waals surface area contributed by atoms with Crippen molar-refractivity contribution in [2.45, 2.75) is 17.6 Å². The van der Waals surface area contributed by atoms with Crippen molar-refractivity contribution >= 4 is 26.8 Å². The number of hydrogen-bond donors (Lipinski definition) is 0. The minimum atomic E-state index is -4.58. The third-order valence-electron chi connectivity index (χ3n) is 5.72. The van der Waals surface area contributed by atoms with Gasteiger partial charge < -0.3 is 0 Å². The Balaban J connectivity index is 1.54. The molecule has 11 heteroatoms. The van der Waals surface area contributed by atoms with Gasteiger partial charge >= 0.3 is 6.18 Å². The molecule has 1 aliphatic rings. The van der Waals surface area contributed by atoms with Gasteiger partial charge in [0.2, 0.25) is 0 Å². The molecular weight excluding hydrogens is 491 g/mol. The molecule has 0 saturated heterocycles. The summed E-state index contributed by atoms with van der Waals surface area (Å²) < 4.78 is 93.4. The molecule has 0 atom stereocenters. The van der Waals surface area contributed by atoms with Crippen molar-refractivity contribution in [2.24, 2.45) is 0 Å².